The molecule has 3 aliphatic carbocycles. The molecule has 0 spiro atoms. The van der Waals surface area contributed by atoms with E-state index in [-0.39, 0.29) is 23.7 Å². The molecule has 0 amide bonds. The maximum absolute atomic E-state index is 13.3. The maximum atomic E-state index is 13.3. The SMILES string of the molecule is CC(C)(O)CCC[C@@](C)(CC#CC(O)(C(F)(F)F)C(F)(F)F)[C@H]1CC[C@H]2/C(=C/C=C3CC(O)C[C@H](O)C3)CCC[C@]12C. The molecule has 0 heterocycles. The highest BCUT2D eigenvalue weighted by Crippen LogP contribution is 2.63. The fourth-order valence-electron chi connectivity index (χ4n) is 7.90. The molecule has 3 aliphatic rings. The quantitative estimate of drug-likeness (QED) is 0.183. The highest BCUT2D eigenvalue weighted by atomic mass is 19.4. The summed E-state index contributed by atoms with van der Waals surface area (Å²) in [5, 5.41) is 39.9. The van der Waals surface area contributed by atoms with Crippen LogP contribution < -0.4 is 0 Å². The number of fused-ring (bicyclic) bond motifs is 1. The van der Waals surface area contributed by atoms with Crippen LogP contribution in [-0.2, 0) is 0 Å². The molecule has 3 fully saturated rings. The topological polar surface area (TPSA) is 80.9 Å². The molecule has 4 N–H and O–H groups in total. The van der Waals surface area contributed by atoms with Crippen molar-refractivity contribution in [1.82, 2.24) is 0 Å². The molecule has 42 heavy (non-hydrogen) atoms. The predicted molar refractivity (Wildman–Crippen MR) is 148 cm³/mol. The second-order valence-corrected chi connectivity index (χ2v) is 14.1. The van der Waals surface area contributed by atoms with Crippen molar-refractivity contribution in [3.63, 3.8) is 0 Å². The highest BCUT2D eigenvalue weighted by Gasteiger charge is 2.70. The van der Waals surface area contributed by atoms with Gasteiger partial charge in [0.25, 0.3) is 0 Å². The normalized spacial score (nSPS) is 32.8. The zero-order valence-electron chi connectivity index (χ0n) is 25.0. The van der Waals surface area contributed by atoms with E-state index in [9.17, 15) is 46.8 Å². The second-order valence-electron chi connectivity index (χ2n) is 14.1. The Morgan fingerprint density at radius 3 is 2.05 bits per heavy atom. The minimum absolute atomic E-state index is 0.0503. The summed E-state index contributed by atoms with van der Waals surface area (Å²) < 4.78 is 79.7. The van der Waals surface area contributed by atoms with Gasteiger partial charge in [-0.2, -0.15) is 26.3 Å². The lowest BCUT2D eigenvalue weighted by atomic mass is 9.55. The van der Waals surface area contributed by atoms with Gasteiger partial charge in [0.15, 0.2) is 0 Å². The molecule has 0 saturated heterocycles. The third-order valence-electron chi connectivity index (χ3n) is 10.00. The number of alkyl halides is 6. The van der Waals surface area contributed by atoms with Crippen molar-refractivity contribution < 1.29 is 46.8 Å². The Kier molecular flexibility index (Phi) is 10.4. The van der Waals surface area contributed by atoms with Crippen LogP contribution in [0.3, 0.4) is 0 Å². The van der Waals surface area contributed by atoms with Gasteiger partial charge in [-0.15, -0.1) is 0 Å². The lowest BCUT2D eigenvalue weighted by Crippen LogP contribution is -2.55. The molecule has 3 rings (SSSR count). The molecule has 0 aromatic carbocycles. The summed E-state index contributed by atoms with van der Waals surface area (Å²) in [5.41, 5.74) is -4.88. The number of halogens is 6. The second kappa shape index (κ2) is 12.5. The molecule has 0 aromatic heterocycles. The third kappa shape index (κ3) is 7.75. The summed E-state index contributed by atoms with van der Waals surface area (Å²) in [5.74, 6) is 3.42. The Labute approximate surface area is 245 Å². The molecular formula is C32H46F6O4. The number of allylic oxidation sites excluding steroid dienone is 3. The van der Waals surface area contributed by atoms with Crippen molar-refractivity contribution in [2.75, 3.05) is 0 Å². The summed E-state index contributed by atoms with van der Waals surface area (Å²) in [6.45, 7) is 7.34. The average Bonchev–Trinajstić information content (AvgIpc) is 3.18. The first-order chi connectivity index (χ1) is 19.1. The Bertz CT molecular complexity index is 1050. The van der Waals surface area contributed by atoms with E-state index in [0.717, 1.165) is 37.7 Å². The van der Waals surface area contributed by atoms with Gasteiger partial charge >= 0.3 is 18.0 Å². The Balaban J connectivity index is 1.93. The number of aliphatic hydroxyl groups is 4. The third-order valence-corrected chi connectivity index (χ3v) is 10.00. The predicted octanol–water partition coefficient (Wildman–Crippen LogP) is 7.16. The first kappa shape index (κ1) is 34.9. The molecule has 4 nitrogen and oxygen atoms in total. The van der Waals surface area contributed by atoms with Crippen LogP contribution in [0.15, 0.2) is 23.3 Å². The van der Waals surface area contributed by atoms with E-state index >= 15 is 0 Å². The Morgan fingerprint density at radius 1 is 0.905 bits per heavy atom. The van der Waals surface area contributed by atoms with Crippen LogP contribution in [0.25, 0.3) is 0 Å². The molecule has 6 atom stereocenters. The lowest BCUT2D eigenvalue weighted by Gasteiger charge is -2.49. The van der Waals surface area contributed by atoms with Gasteiger partial charge < -0.3 is 20.4 Å². The van der Waals surface area contributed by atoms with Crippen molar-refractivity contribution in [2.45, 2.75) is 141 Å². The monoisotopic (exact) mass is 608 g/mol. The Morgan fingerprint density at radius 2 is 1.50 bits per heavy atom. The largest absolute Gasteiger partial charge is 0.438 e. The van der Waals surface area contributed by atoms with Crippen molar-refractivity contribution in [1.29, 1.82) is 0 Å². The lowest BCUT2D eigenvalue weighted by molar-refractivity contribution is -0.343. The maximum Gasteiger partial charge on any atom is 0.438 e. The zero-order valence-corrected chi connectivity index (χ0v) is 25.0. The van der Waals surface area contributed by atoms with Crippen LogP contribution in [0.1, 0.15) is 105 Å². The van der Waals surface area contributed by atoms with E-state index in [1.807, 2.05) is 13.0 Å². The van der Waals surface area contributed by atoms with Crippen molar-refractivity contribution in [3.8, 4) is 11.8 Å². The minimum atomic E-state index is -6.00. The first-order valence-corrected chi connectivity index (χ1v) is 14.9. The minimum Gasteiger partial charge on any atom is -0.393 e. The average molecular weight is 609 g/mol. The zero-order chi connectivity index (χ0) is 31.8. The van der Waals surface area contributed by atoms with Gasteiger partial charge in [0.05, 0.1) is 17.8 Å². The van der Waals surface area contributed by atoms with Gasteiger partial charge in [-0.05, 0) is 107 Å². The van der Waals surface area contributed by atoms with Gasteiger partial charge in [0.2, 0.25) is 0 Å². The summed E-state index contributed by atoms with van der Waals surface area (Å²) in [6.07, 6.45) is -2.41. The summed E-state index contributed by atoms with van der Waals surface area (Å²) in [6, 6.07) is 0. The summed E-state index contributed by atoms with van der Waals surface area (Å²) in [7, 11) is 0. The van der Waals surface area contributed by atoms with Gasteiger partial charge in [-0.25, -0.2) is 0 Å². The van der Waals surface area contributed by atoms with E-state index in [1.54, 1.807) is 13.8 Å². The van der Waals surface area contributed by atoms with E-state index in [2.05, 4.69) is 18.9 Å². The van der Waals surface area contributed by atoms with Crippen LogP contribution >= 0.6 is 0 Å². The van der Waals surface area contributed by atoms with E-state index < -0.39 is 41.2 Å². The fraction of sp³-hybridized carbons (Fsp3) is 0.812. The van der Waals surface area contributed by atoms with Gasteiger partial charge in [0.1, 0.15) is 0 Å². The number of aliphatic hydroxyl groups excluding tert-OH is 2. The number of hydrogen-bond donors (Lipinski definition) is 4. The molecular weight excluding hydrogens is 562 g/mol. The highest BCUT2D eigenvalue weighted by molar-refractivity contribution is 5.27. The molecule has 1 unspecified atom stereocenters. The molecule has 0 aromatic rings. The van der Waals surface area contributed by atoms with Crippen LogP contribution in [0.4, 0.5) is 26.3 Å². The van der Waals surface area contributed by atoms with Crippen molar-refractivity contribution in [3.05, 3.63) is 23.3 Å². The van der Waals surface area contributed by atoms with E-state index in [1.165, 1.54) is 11.5 Å². The van der Waals surface area contributed by atoms with Crippen molar-refractivity contribution in [2.24, 2.45) is 22.7 Å². The fourth-order valence-corrected chi connectivity index (χ4v) is 7.90. The molecule has 10 heteroatoms. The molecule has 0 bridgehead atoms. The van der Waals surface area contributed by atoms with Gasteiger partial charge in [-0.3, -0.25) is 0 Å². The van der Waals surface area contributed by atoms with E-state index in [4.69, 9.17) is 0 Å². The van der Waals surface area contributed by atoms with Crippen LogP contribution in [0.2, 0.25) is 0 Å². The standard InChI is InChI=1S/C32H46F6O4/c1-27(2,41)13-6-14-28(3,15-7-17-30(42,31(33,34)35)32(36,37)38)26-12-11-25-22(8-5-16-29(25,26)4)10-9-21-18-23(39)20-24(40)19-21/h9-10,23-26,39-42H,5-6,8,11-16,18-20H2,1-4H3/b21-9?,22-10+/t23-,24?,25+,26-,28+,29+/m1/s1. The molecule has 3 saturated carbocycles. The van der Waals surface area contributed by atoms with Crippen LogP contribution in [0, 0.1) is 34.5 Å². The van der Waals surface area contributed by atoms with Gasteiger partial charge in [0, 0.05) is 6.42 Å². The Hall–Kier alpha value is -1.54. The first-order valence-electron chi connectivity index (χ1n) is 14.9. The van der Waals surface area contributed by atoms with Crippen LogP contribution in [0.5, 0.6) is 0 Å². The van der Waals surface area contributed by atoms with Crippen LogP contribution in [-0.4, -0.2) is 56.2 Å². The summed E-state index contributed by atoms with van der Waals surface area (Å²) >= 11 is 0. The molecule has 0 radical (unpaired) electrons. The smallest absolute Gasteiger partial charge is 0.393 e. The molecule has 240 valence electrons. The van der Waals surface area contributed by atoms with Gasteiger partial charge in [-0.1, -0.05) is 49.5 Å². The molecule has 0 aliphatic heterocycles. The van der Waals surface area contributed by atoms with Crippen molar-refractivity contribution >= 4 is 0 Å². The van der Waals surface area contributed by atoms with E-state index in [0.29, 0.717) is 38.5 Å². The number of rotatable bonds is 7. The summed E-state index contributed by atoms with van der Waals surface area (Å²) in [4.78, 5) is 0. The number of hydrogen-bond acceptors (Lipinski definition) is 4.